The molecule has 10 atom stereocenters. The van der Waals surface area contributed by atoms with E-state index in [9.17, 15) is 19.8 Å². The van der Waals surface area contributed by atoms with Gasteiger partial charge >= 0.3 is 5.97 Å². The van der Waals surface area contributed by atoms with E-state index in [1.165, 1.54) is 57.8 Å². The number of aliphatic carboxylic acids is 1. The molecule has 4 saturated carbocycles. The molecule has 0 aromatic heterocycles. The fraction of sp³-hybridized carbons (Fsp3) is 0.795. The number of aromatic hydroxyl groups is 1. The molecule has 0 heterocycles. The van der Waals surface area contributed by atoms with Crippen molar-refractivity contribution in [3.63, 3.8) is 0 Å². The number of hydrogen-bond acceptors (Lipinski definition) is 3. The van der Waals surface area contributed by atoms with Crippen LogP contribution in [0.2, 0.25) is 0 Å². The molecule has 4 aliphatic rings. The summed E-state index contributed by atoms with van der Waals surface area (Å²) < 4.78 is 0. The first-order chi connectivity index (χ1) is 20.9. The van der Waals surface area contributed by atoms with E-state index in [-0.39, 0.29) is 24.1 Å². The third-order valence-corrected chi connectivity index (χ3v) is 13.8. The molecule has 5 rings (SSSR count). The third-order valence-electron chi connectivity index (χ3n) is 13.8. The zero-order valence-corrected chi connectivity index (χ0v) is 28.6. The van der Waals surface area contributed by atoms with Crippen LogP contribution in [0.25, 0.3) is 0 Å². The van der Waals surface area contributed by atoms with Crippen molar-refractivity contribution >= 4 is 11.9 Å². The molecule has 1 amide bonds. The van der Waals surface area contributed by atoms with Crippen LogP contribution in [0.4, 0.5) is 0 Å². The van der Waals surface area contributed by atoms with E-state index in [1.807, 2.05) is 6.92 Å². The van der Waals surface area contributed by atoms with Gasteiger partial charge < -0.3 is 15.1 Å². The van der Waals surface area contributed by atoms with Gasteiger partial charge in [-0.05, 0) is 128 Å². The number of nitrogens with zero attached hydrogens (tertiary/aromatic N) is 1. The largest absolute Gasteiger partial charge is 0.508 e. The van der Waals surface area contributed by atoms with E-state index in [0.29, 0.717) is 23.2 Å². The fourth-order valence-corrected chi connectivity index (χ4v) is 11.5. The SMILES string of the molecule is CCC(=O)N([C@H]1CC[C@@]2(C)C(CC[C@H]3[C@@H]4CC[C@H]([C@H](C)CCCC(C)C)[C@@]4(C)CC[C@@H]32)C1)[C@@H](Cc1ccc(O)cc1)C(=O)O. The van der Waals surface area contributed by atoms with Crippen molar-refractivity contribution in [1.82, 2.24) is 4.90 Å². The van der Waals surface area contributed by atoms with Crippen molar-refractivity contribution in [2.45, 2.75) is 144 Å². The van der Waals surface area contributed by atoms with E-state index in [1.54, 1.807) is 29.2 Å². The lowest BCUT2D eigenvalue weighted by atomic mass is 9.44. The number of carbonyl (C=O) groups is 2. The molecule has 44 heavy (non-hydrogen) atoms. The van der Waals surface area contributed by atoms with Gasteiger partial charge in [0.2, 0.25) is 5.91 Å². The predicted molar refractivity (Wildman–Crippen MR) is 177 cm³/mol. The molecule has 1 aromatic rings. The van der Waals surface area contributed by atoms with Crippen LogP contribution in [0.5, 0.6) is 5.75 Å². The van der Waals surface area contributed by atoms with Crippen molar-refractivity contribution in [1.29, 1.82) is 0 Å². The first kappa shape index (κ1) is 33.3. The monoisotopic (exact) mass is 607 g/mol. The number of fused-ring (bicyclic) bond motifs is 5. The van der Waals surface area contributed by atoms with Gasteiger partial charge in [-0.25, -0.2) is 4.79 Å². The number of phenolic OH excluding ortho intramolecular Hbond substituents is 1. The van der Waals surface area contributed by atoms with Crippen LogP contribution in [0, 0.1) is 52.3 Å². The third kappa shape index (κ3) is 6.32. The minimum absolute atomic E-state index is 0.0216. The van der Waals surface area contributed by atoms with E-state index in [4.69, 9.17) is 0 Å². The summed E-state index contributed by atoms with van der Waals surface area (Å²) >= 11 is 0. The Labute approximate surface area is 267 Å². The number of hydrogen-bond donors (Lipinski definition) is 2. The number of amides is 1. The van der Waals surface area contributed by atoms with E-state index in [2.05, 4.69) is 34.6 Å². The van der Waals surface area contributed by atoms with Gasteiger partial charge in [0.25, 0.3) is 0 Å². The Morgan fingerprint density at radius 1 is 0.909 bits per heavy atom. The Morgan fingerprint density at radius 2 is 1.59 bits per heavy atom. The van der Waals surface area contributed by atoms with Gasteiger partial charge in [-0.15, -0.1) is 0 Å². The Kier molecular flexibility index (Phi) is 10.1. The van der Waals surface area contributed by atoms with Gasteiger partial charge in [-0.2, -0.15) is 0 Å². The first-order valence-electron chi connectivity index (χ1n) is 18.2. The summed E-state index contributed by atoms with van der Waals surface area (Å²) in [5.74, 6) is 4.68. The molecule has 1 aromatic carbocycles. The molecule has 5 heteroatoms. The topological polar surface area (TPSA) is 77.8 Å². The smallest absolute Gasteiger partial charge is 0.326 e. The second kappa shape index (κ2) is 13.4. The average molecular weight is 608 g/mol. The molecule has 0 aliphatic heterocycles. The van der Waals surface area contributed by atoms with Gasteiger partial charge in [-0.3, -0.25) is 4.79 Å². The minimum Gasteiger partial charge on any atom is -0.508 e. The summed E-state index contributed by atoms with van der Waals surface area (Å²) in [6, 6.07) is 5.84. The second-order valence-corrected chi connectivity index (χ2v) is 16.5. The molecule has 0 spiro atoms. The summed E-state index contributed by atoms with van der Waals surface area (Å²) in [6.45, 7) is 14.4. The highest BCUT2D eigenvalue weighted by Crippen LogP contribution is 2.68. The van der Waals surface area contributed by atoms with Crippen LogP contribution in [-0.2, 0) is 16.0 Å². The quantitative estimate of drug-likeness (QED) is 0.263. The fourth-order valence-electron chi connectivity index (χ4n) is 11.5. The zero-order valence-electron chi connectivity index (χ0n) is 28.6. The normalized spacial score (nSPS) is 36.2. The summed E-state index contributed by atoms with van der Waals surface area (Å²) in [5, 5.41) is 20.1. The highest BCUT2D eigenvalue weighted by Gasteiger charge is 2.61. The van der Waals surface area contributed by atoms with Crippen LogP contribution < -0.4 is 0 Å². The van der Waals surface area contributed by atoms with Crippen molar-refractivity contribution in [2.24, 2.45) is 52.3 Å². The molecule has 5 nitrogen and oxygen atoms in total. The number of rotatable bonds is 11. The molecule has 4 fully saturated rings. The molecular weight excluding hydrogens is 546 g/mol. The van der Waals surface area contributed by atoms with Crippen LogP contribution in [0.3, 0.4) is 0 Å². The Balaban J connectivity index is 1.29. The van der Waals surface area contributed by atoms with Gasteiger partial charge in [0.05, 0.1) is 0 Å². The van der Waals surface area contributed by atoms with Crippen molar-refractivity contribution in [3.8, 4) is 5.75 Å². The van der Waals surface area contributed by atoms with Crippen LogP contribution in [-0.4, -0.2) is 39.1 Å². The maximum atomic E-state index is 13.4. The van der Waals surface area contributed by atoms with Crippen LogP contribution in [0.15, 0.2) is 24.3 Å². The average Bonchev–Trinajstić information content (AvgIpc) is 3.34. The lowest BCUT2D eigenvalue weighted by Crippen LogP contribution is -2.58. The molecule has 0 saturated heterocycles. The number of benzene rings is 1. The van der Waals surface area contributed by atoms with E-state index in [0.717, 1.165) is 60.3 Å². The van der Waals surface area contributed by atoms with E-state index >= 15 is 0 Å². The summed E-state index contributed by atoms with van der Waals surface area (Å²) in [4.78, 5) is 27.9. The van der Waals surface area contributed by atoms with Crippen molar-refractivity contribution in [2.75, 3.05) is 0 Å². The van der Waals surface area contributed by atoms with Gasteiger partial charge in [0.15, 0.2) is 0 Å². The van der Waals surface area contributed by atoms with E-state index < -0.39 is 12.0 Å². The van der Waals surface area contributed by atoms with Crippen molar-refractivity contribution in [3.05, 3.63) is 29.8 Å². The maximum Gasteiger partial charge on any atom is 0.326 e. The molecule has 1 unspecified atom stereocenters. The maximum absolute atomic E-state index is 13.4. The number of carbonyl (C=O) groups excluding carboxylic acids is 1. The van der Waals surface area contributed by atoms with Crippen LogP contribution in [0.1, 0.15) is 131 Å². The molecule has 0 radical (unpaired) electrons. The molecule has 4 aliphatic carbocycles. The molecular formula is C39H61NO4. The Morgan fingerprint density at radius 3 is 2.25 bits per heavy atom. The molecule has 2 N–H and O–H groups in total. The summed E-state index contributed by atoms with van der Waals surface area (Å²) in [5.41, 5.74) is 1.62. The zero-order chi connectivity index (χ0) is 31.8. The highest BCUT2D eigenvalue weighted by atomic mass is 16.4. The Hall–Kier alpha value is -2.04. The predicted octanol–water partition coefficient (Wildman–Crippen LogP) is 9.12. The van der Waals surface area contributed by atoms with Crippen LogP contribution >= 0.6 is 0 Å². The summed E-state index contributed by atoms with van der Waals surface area (Å²) in [6.07, 6.45) is 15.7. The van der Waals surface area contributed by atoms with Gasteiger partial charge in [-0.1, -0.05) is 72.9 Å². The van der Waals surface area contributed by atoms with Gasteiger partial charge in [0, 0.05) is 18.9 Å². The number of carboxylic acids is 1. The standard InChI is InChI=1S/C39H61NO4/c1-7-36(42)40(35(37(43)44)23-27-11-14-30(41)15-12-27)29-19-21-38(5)28(24-29)13-16-31-33-18-17-32(26(4)10-8-9-25(2)3)39(33,6)22-20-34(31)38/h11-12,14-15,25-26,28-29,31-35,41H,7-10,13,16-24H2,1-6H3,(H,43,44)/t26-,28?,29+,31+,32-,33+,34+,35+,38+,39-/m1/s1. The lowest BCUT2D eigenvalue weighted by molar-refractivity contribution is -0.158. The number of carboxylic acid groups (broad SMARTS) is 1. The minimum atomic E-state index is -0.933. The summed E-state index contributed by atoms with van der Waals surface area (Å²) in [7, 11) is 0. The lowest BCUT2D eigenvalue weighted by Gasteiger charge is -2.62. The highest BCUT2D eigenvalue weighted by molar-refractivity contribution is 5.84. The second-order valence-electron chi connectivity index (χ2n) is 16.5. The van der Waals surface area contributed by atoms with Gasteiger partial charge in [0.1, 0.15) is 11.8 Å². The molecule has 0 bridgehead atoms. The van der Waals surface area contributed by atoms with Crippen molar-refractivity contribution < 1.29 is 19.8 Å². The Bertz CT molecular complexity index is 1150. The number of phenols is 1. The first-order valence-corrected chi connectivity index (χ1v) is 18.2. The molecule has 246 valence electrons.